The number of rotatable bonds is 6. The van der Waals surface area contributed by atoms with E-state index in [1.165, 1.54) is 0 Å². The topological polar surface area (TPSA) is 73.2 Å². The molecule has 0 radical (unpaired) electrons. The summed E-state index contributed by atoms with van der Waals surface area (Å²) in [7, 11) is 0. The van der Waals surface area contributed by atoms with E-state index < -0.39 is 5.97 Å². The Morgan fingerprint density at radius 1 is 1.25 bits per heavy atom. The van der Waals surface area contributed by atoms with Crippen molar-refractivity contribution in [2.24, 2.45) is 0 Å². The molecule has 1 aromatic heterocycles. The molecule has 2 aromatic rings. The largest absolute Gasteiger partial charge is 0.452 e. The van der Waals surface area contributed by atoms with E-state index in [1.54, 1.807) is 11.6 Å². The van der Waals surface area contributed by atoms with E-state index >= 15 is 0 Å². The molecule has 0 fully saturated rings. The number of ether oxygens (including phenoxy) is 1. The molecule has 0 bridgehead atoms. The molecule has 1 amide bonds. The monoisotopic (exact) mass is 329 g/mol. The zero-order valence-electron chi connectivity index (χ0n) is 14.5. The molecule has 1 atom stereocenters. The number of hydrogen-bond acceptors (Lipinski definition) is 4. The minimum atomic E-state index is -0.536. The van der Waals surface area contributed by atoms with Gasteiger partial charge in [-0.3, -0.25) is 4.79 Å². The molecule has 0 saturated heterocycles. The maximum absolute atomic E-state index is 12.3. The van der Waals surface area contributed by atoms with E-state index in [1.807, 2.05) is 51.1 Å². The molecular weight excluding hydrogens is 306 g/mol. The Balaban J connectivity index is 2.11. The lowest BCUT2D eigenvalue weighted by Gasteiger charge is -2.11. The van der Waals surface area contributed by atoms with Gasteiger partial charge in [-0.15, -0.1) is 0 Å². The van der Waals surface area contributed by atoms with Gasteiger partial charge in [0.2, 0.25) is 0 Å². The lowest BCUT2D eigenvalue weighted by atomic mass is 10.2. The summed E-state index contributed by atoms with van der Waals surface area (Å²) in [5.41, 5.74) is 2.52. The number of nitrogens with one attached hydrogen (secondary N) is 1. The molecule has 24 heavy (non-hydrogen) atoms. The number of benzene rings is 1. The third-order valence-electron chi connectivity index (χ3n) is 3.85. The highest BCUT2D eigenvalue weighted by molar-refractivity contribution is 5.93. The van der Waals surface area contributed by atoms with Crippen LogP contribution in [0.2, 0.25) is 0 Å². The summed E-state index contributed by atoms with van der Waals surface area (Å²) in [5, 5.41) is 7.17. The molecule has 6 heteroatoms. The SMILES string of the molecule is CC[C@@H](C)NC(=O)COC(=O)c1c(C)nn(-c2ccccc2)c1C. The second-order valence-electron chi connectivity index (χ2n) is 5.75. The number of carbonyl (C=O) groups excluding carboxylic acids is 2. The summed E-state index contributed by atoms with van der Waals surface area (Å²) in [6.45, 7) is 7.14. The first-order valence-electron chi connectivity index (χ1n) is 8.02. The lowest BCUT2D eigenvalue weighted by Crippen LogP contribution is -2.35. The Bertz CT molecular complexity index is 723. The van der Waals surface area contributed by atoms with Crippen LogP contribution in [-0.2, 0) is 9.53 Å². The Kier molecular flexibility index (Phi) is 5.73. The van der Waals surface area contributed by atoms with Gasteiger partial charge in [0.15, 0.2) is 6.61 Å². The van der Waals surface area contributed by atoms with Gasteiger partial charge in [-0.05, 0) is 39.3 Å². The fourth-order valence-electron chi connectivity index (χ4n) is 2.38. The molecule has 0 aliphatic heterocycles. The predicted molar refractivity (Wildman–Crippen MR) is 91.2 cm³/mol. The van der Waals surface area contributed by atoms with Crippen molar-refractivity contribution in [3.8, 4) is 5.69 Å². The summed E-state index contributed by atoms with van der Waals surface area (Å²) in [6.07, 6.45) is 0.821. The van der Waals surface area contributed by atoms with Crippen molar-refractivity contribution in [1.29, 1.82) is 0 Å². The summed E-state index contributed by atoms with van der Waals surface area (Å²) < 4.78 is 6.84. The molecule has 0 spiro atoms. The smallest absolute Gasteiger partial charge is 0.342 e. The Morgan fingerprint density at radius 3 is 2.54 bits per heavy atom. The predicted octanol–water partition coefficient (Wildman–Crippen LogP) is 2.56. The van der Waals surface area contributed by atoms with E-state index in [4.69, 9.17) is 4.74 Å². The van der Waals surface area contributed by atoms with E-state index in [2.05, 4.69) is 10.4 Å². The van der Waals surface area contributed by atoms with Gasteiger partial charge in [-0.2, -0.15) is 5.10 Å². The number of aryl methyl sites for hydroxylation is 1. The maximum Gasteiger partial charge on any atom is 0.342 e. The molecule has 0 saturated carbocycles. The van der Waals surface area contributed by atoms with E-state index in [0.29, 0.717) is 17.0 Å². The molecule has 0 aliphatic carbocycles. The first kappa shape index (κ1) is 17.7. The number of para-hydroxylation sites is 1. The van der Waals surface area contributed by atoms with Gasteiger partial charge in [-0.1, -0.05) is 25.1 Å². The van der Waals surface area contributed by atoms with E-state index in [-0.39, 0.29) is 18.6 Å². The summed E-state index contributed by atoms with van der Waals surface area (Å²) in [6, 6.07) is 9.61. The molecule has 6 nitrogen and oxygen atoms in total. The van der Waals surface area contributed by atoms with Gasteiger partial charge in [0.05, 0.1) is 17.1 Å². The van der Waals surface area contributed by atoms with Crippen LogP contribution in [-0.4, -0.2) is 34.3 Å². The Labute approximate surface area is 141 Å². The van der Waals surface area contributed by atoms with Crippen molar-refractivity contribution < 1.29 is 14.3 Å². The highest BCUT2D eigenvalue weighted by atomic mass is 16.5. The minimum Gasteiger partial charge on any atom is -0.452 e. The van der Waals surface area contributed by atoms with E-state index in [0.717, 1.165) is 12.1 Å². The Morgan fingerprint density at radius 2 is 1.92 bits per heavy atom. The average molecular weight is 329 g/mol. The van der Waals surface area contributed by atoms with Crippen molar-refractivity contribution >= 4 is 11.9 Å². The van der Waals surface area contributed by atoms with Crippen LogP contribution in [0.15, 0.2) is 30.3 Å². The van der Waals surface area contributed by atoms with Crippen LogP contribution < -0.4 is 5.32 Å². The van der Waals surface area contributed by atoms with Gasteiger partial charge in [-0.25, -0.2) is 9.48 Å². The second kappa shape index (κ2) is 7.77. The lowest BCUT2D eigenvalue weighted by molar-refractivity contribution is -0.124. The van der Waals surface area contributed by atoms with Gasteiger partial charge >= 0.3 is 5.97 Å². The summed E-state index contributed by atoms with van der Waals surface area (Å²) >= 11 is 0. The third kappa shape index (κ3) is 4.01. The van der Waals surface area contributed by atoms with Gasteiger partial charge in [0, 0.05) is 6.04 Å². The van der Waals surface area contributed by atoms with Gasteiger partial charge in [0.1, 0.15) is 5.56 Å². The second-order valence-corrected chi connectivity index (χ2v) is 5.75. The van der Waals surface area contributed by atoms with Crippen molar-refractivity contribution in [1.82, 2.24) is 15.1 Å². The van der Waals surface area contributed by atoms with Gasteiger partial charge < -0.3 is 10.1 Å². The van der Waals surface area contributed by atoms with Crippen LogP contribution in [0.25, 0.3) is 5.69 Å². The normalized spacial score (nSPS) is 11.8. The maximum atomic E-state index is 12.3. The van der Waals surface area contributed by atoms with Crippen LogP contribution in [0.5, 0.6) is 0 Å². The van der Waals surface area contributed by atoms with Crippen LogP contribution in [0.1, 0.15) is 42.0 Å². The van der Waals surface area contributed by atoms with E-state index in [9.17, 15) is 9.59 Å². The summed E-state index contributed by atoms with van der Waals surface area (Å²) in [5.74, 6) is -0.838. The zero-order chi connectivity index (χ0) is 17.7. The molecule has 1 heterocycles. The number of amides is 1. The number of nitrogens with zero attached hydrogens (tertiary/aromatic N) is 2. The summed E-state index contributed by atoms with van der Waals surface area (Å²) in [4.78, 5) is 24.1. The number of carbonyl (C=O) groups is 2. The Hall–Kier alpha value is -2.63. The van der Waals surface area contributed by atoms with Crippen molar-refractivity contribution in [3.63, 3.8) is 0 Å². The molecule has 0 unspecified atom stereocenters. The first-order chi connectivity index (χ1) is 11.4. The van der Waals surface area contributed by atoms with Crippen LogP contribution >= 0.6 is 0 Å². The van der Waals surface area contributed by atoms with Crippen molar-refractivity contribution in [2.75, 3.05) is 6.61 Å². The quantitative estimate of drug-likeness (QED) is 0.827. The fraction of sp³-hybridized carbons (Fsp3) is 0.389. The average Bonchev–Trinajstić information content (AvgIpc) is 2.88. The highest BCUT2D eigenvalue weighted by Crippen LogP contribution is 2.18. The molecular formula is C18H23N3O3. The number of esters is 1. The number of aromatic nitrogens is 2. The molecule has 0 aliphatic rings. The fourth-order valence-corrected chi connectivity index (χ4v) is 2.38. The van der Waals surface area contributed by atoms with Crippen molar-refractivity contribution in [3.05, 3.63) is 47.3 Å². The molecule has 1 N–H and O–H groups in total. The molecule has 1 aromatic carbocycles. The molecule has 128 valence electrons. The van der Waals surface area contributed by atoms with Gasteiger partial charge in [0.25, 0.3) is 5.91 Å². The molecule has 2 rings (SSSR count). The zero-order valence-corrected chi connectivity index (χ0v) is 14.5. The van der Waals surface area contributed by atoms with Crippen LogP contribution in [0.3, 0.4) is 0 Å². The van der Waals surface area contributed by atoms with Crippen LogP contribution in [0, 0.1) is 13.8 Å². The number of hydrogen-bond donors (Lipinski definition) is 1. The minimum absolute atomic E-state index is 0.0560. The van der Waals surface area contributed by atoms with Crippen molar-refractivity contribution in [2.45, 2.75) is 40.2 Å². The highest BCUT2D eigenvalue weighted by Gasteiger charge is 2.21. The van der Waals surface area contributed by atoms with Crippen LogP contribution in [0.4, 0.5) is 0 Å². The first-order valence-corrected chi connectivity index (χ1v) is 8.02. The third-order valence-corrected chi connectivity index (χ3v) is 3.85. The standard InChI is InChI=1S/C18H23N3O3/c1-5-12(2)19-16(22)11-24-18(23)17-13(3)20-21(14(17)4)15-9-7-6-8-10-15/h6-10,12H,5,11H2,1-4H3,(H,19,22)/t12-/m1/s1.